The minimum Gasteiger partial charge on any atom is -0.507 e. The van der Waals surface area contributed by atoms with E-state index in [-0.39, 0.29) is 11.3 Å². The molecule has 0 unspecified atom stereocenters. The van der Waals surface area contributed by atoms with Crippen molar-refractivity contribution in [3.8, 4) is 17.0 Å². The van der Waals surface area contributed by atoms with Gasteiger partial charge in [-0.2, -0.15) is 0 Å². The number of aromatic amines is 1. The molecule has 0 fully saturated rings. The van der Waals surface area contributed by atoms with E-state index >= 15 is 0 Å². The maximum absolute atomic E-state index is 12.3. The van der Waals surface area contributed by atoms with E-state index in [4.69, 9.17) is 0 Å². The van der Waals surface area contributed by atoms with Crippen LogP contribution in [0.3, 0.4) is 0 Å². The number of benzene rings is 1. The Morgan fingerprint density at radius 3 is 2.82 bits per heavy atom. The molecular formula is C22H28N4O2. The summed E-state index contributed by atoms with van der Waals surface area (Å²) in [4.78, 5) is 15.3. The van der Waals surface area contributed by atoms with E-state index in [2.05, 4.69) is 45.4 Å². The second-order valence-corrected chi connectivity index (χ2v) is 7.68. The second-order valence-electron chi connectivity index (χ2n) is 7.68. The second kappa shape index (κ2) is 7.45. The Hall–Kier alpha value is -2.57. The maximum atomic E-state index is 12.3. The van der Waals surface area contributed by atoms with Crippen LogP contribution in [0.2, 0.25) is 0 Å². The van der Waals surface area contributed by atoms with Gasteiger partial charge in [-0.1, -0.05) is 0 Å². The van der Waals surface area contributed by atoms with Crippen LogP contribution in [0.1, 0.15) is 28.8 Å². The lowest BCUT2D eigenvalue weighted by Crippen LogP contribution is -2.25. The van der Waals surface area contributed by atoms with Crippen molar-refractivity contribution in [1.29, 1.82) is 0 Å². The van der Waals surface area contributed by atoms with Crippen molar-refractivity contribution in [2.24, 2.45) is 7.05 Å². The first kappa shape index (κ1) is 18.8. The first-order valence-corrected chi connectivity index (χ1v) is 9.93. The molecule has 0 bridgehead atoms. The molecule has 3 aromatic rings. The topological polar surface area (TPSA) is 82.1 Å². The van der Waals surface area contributed by atoms with Gasteiger partial charge in [0.15, 0.2) is 0 Å². The highest BCUT2D eigenvalue weighted by atomic mass is 16.3. The Kier molecular flexibility index (Phi) is 5.00. The Morgan fingerprint density at radius 2 is 2.04 bits per heavy atom. The zero-order valence-electron chi connectivity index (χ0n) is 16.8. The van der Waals surface area contributed by atoms with Crippen LogP contribution in [0.4, 0.5) is 0 Å². The van der Waals surface area contributed by atoms with Crippen molar-refractivity contribution in [1.82, 2.24) is 20.2 Å². The number of pyridine rings is 1. The van der Waals surface area contributed by atoms with Gasteiger partial charge >= 0.3 is 0 Å². The number of hydrogen-bond acceptors (Lipinski definition) is 4. The molecule has 2 aromatic heterocycles. The average Bonchev–Trinajstić information content (AvgIpc) is 2.87. The summed E-state index contributed by atoms with van der Waals surface area (Å²) in [5, 5.41) is 18.3. The van der Waals surface area contributed by atoms with E-state index in [1.54, 1.807) is 6.92 Å². The number of hydrogen-bond donors (Lipinski definition) is 4. The lowest BCUT2D eigenvalue weighted by atomic mass is 9.98. The highest BCUT2D eigenvalue weighted by Gasteiger charge is 2.22. The van der Waals surface area contributed by atoms with Crippen molar-refractivity contribution in [2.45, 2.75) is 32.7 Å². The zero-order valence-corrected chi connectivity index (χ0v) is 16.8. The average molecular weight is 380 g/mol. The number of rotatable bonds is 5. The molecule has 28 heavy (non-hydrogen) atoms. The van der Waals surface area contributed by atoms with E-state index in [0.29, 0.717) is 5.56 Å². The van der Waals surface area contributed by atoms with Crippen molar-refractivity contribution in [2.75, 3.05) is 20.1 Å². The first-order valence-electron chi connectivity index (χ1n) is 9.93. The lowest BCUT2D eigenvalue weighted by molar-refractivity contribution is 0.461. The molecule has 1 aliphatic rings. The molecular weight excluding hydrogens is 352 g/mol. The number of nitrogens with zero attached hydrogens (tertiary/aromatic N) is 1. The molecule has 148 valence electrons. The number of fused-ring (bicyclic) bond motifs is 4. The predicted molar refractivity (Wildman–Crippen MR) is 113 cm³/mol. The molecule has 0 atom stereocenters. The zero-order chi connectivity index (χ0) is 19.8. The molecule has 0 saturated carbocycles. The van der Waals surface area contributed by atoms with Gasteiger partial charge in [0.05, 0.1) is 11.3 Å². The maximum Gasteiger partial charge on any atom is 0.255 e. The van der Waals surface area contributed by atoms with Gasteiger partial charge in [-0.15, -0.1) is 0 Å². The van der Waals surface area contributed by atoms with Crippen LogP contribution in [0, 0.1) is 6.92 Å². The molecule has 0 radical (unpaired) electrons. The summed E-state index contributed by atoms with van der Waals surface area (Å²) >= 11 is 0. The molecule has 0 amide bonds. The number of H-pyrrole nitrogens is 1. The van der Waals surface area contributed by atoms with Crippen molar-refractivity contribution >= 4 is 10.9 Å². The van der Waals surface area contributed by atoms with Gasteiger partial charge < -0.3 is 25.3 Å². The standard InChI is InChI=1S/C22H28N4O2/c1-13-21(27)17-6-4-5-14-11-19-15(10-18(14)20(17)25-22(13)28)9-16(26(19)3)12-24-8-7-23-2/h9-11,23-24H,4-8,12H2,1-3H3,(H2,25,27,28). The van der Waals surface area contributed by atoms with Crippen molar-refractivity contribution in [3.05, 3.63) is 50.9 Å². The number of aryl methyl sites for hydroxylation is 2. The normalized spacial score (nSPS) is 13.4. The summed E-state index contributed by atoms with van der Waals surface area (Å²) in [7, 11) is 4.05. The fraction of sp³-hybridized carbons (Fsp3) is 0.409. The molecule has 6 nitrogen and oxygen atoms in total. The van der Waals surface area contributed by atoms with Crippen molar-refractivity contribution in [3.63, 3.8) is 0 Å². The summed E-state index contributed by atoms with van der Waals surface area (Å²) < 4.78 is 2.24. The van der Waals surface area contributed by atoms with Gasteiger partial charge in [-0.05, 0) is 57.0 Å². The van der Waals surface area contributed by atoms with E-state index in [9.17, 15) is 9.90 Å². The van der Waals surface area contributed by atoms with Gasteiger partial charge in [0.2, 0.25) is 0 Å². The summed E-state index contributed by atoms with van der Waals surface area (Å²) in [5.41, 5.74) is 6.51. The largest absolute Gasteiger partial charge is 0.507 e. The fourth-order valence-corrected chi connectivity index (χ4v) is 4.19. The van der Waals surface area contributed by atoms with E-state index in [1.807, 2.05) is 7.05 Å². The van der Waals surface area contributed by atoms with E-state index in [0.717, 1.165) is 61.1 Å². The van der Waals surface area contributed by atoms with Gasteiger partial charge in [0.25, 0.3) is 5.56 Å². The minimum atomic E-state index is -0.216. The number of aromatic hydroxyl groups is 1. The summed E-state index contributed by atoms with van der Waals surface area (Å²) in [6.07, 6.45) is 2.65. The predicted octanol–water partition coefficient (Wildman–Crippen LogP) is 2.35. The first-order chi connectivity index (χ1) is 13.5. The molecule has 4 rings (SSSR count). The molecule has 0 spiro atoms. The molecule has 2 heterocycles. The van der Waals surface area contributed by atoms with Crippen LogP contribution in [-0.2, 0) is 26.4 Å². The van der Waals surface area contributed by atoms with Crippen LogP contribution in [0.5, 0.6) is 5.75 Å². The number of aromatic nitrogens is 2. The third kappa shape index (κ3) is 3.12. The van der Waals surface area contributed by atoms with E-state index in [1.165, 1.54) is 16.8 Å². The van der Waals surface area contributed by atoms with Gasteiger partial charge in [-0.25, -0.2) is 0 Å². The number of likely N-dealkylation sites (N-methyl/N-ethyl adjacent to an activating group) is 1. The van der Waals surface area contributed by atoms with Gasteiger partial charge in [0.1, 0.15) is 5.75 Å². The third-order valence-electron chi connectivity index (χ3n) is 5.89. The highest BCUT2D eigenvalue weighted by molar-refractivity contribution is 5.89. The smallest absolute Gasteiger partial charge is 0.255 e. The fourth-order valence-electron chi connectivity index (χ4n) is 4.19. The summed E-state index contributed by atoms with van der Waals surface area (Å²) in [5.74, 6) is 0.147. The highest BCUT2D eigenvalue weighted by Crippen LogP contribution is 2.38. The third-order valence-corrected chi connectivity index (χ3v) is 5.89. The van der Waals surface area contributed by atoms with Crippen LogP contribution in [0.15, 0.2) is 23.0 Å². The SMILES string of the molecule is CNCCNCc1cc2cc3c(cc2n1C)CCCc1c-3[nH]c(=O)c(C)c1O. The lowest BCUT2D eigenvalue weighted by Gasteiger charge is -2.13. The van der Waals surface area contributed by atoms with Gasteiger partial charge in [0, 0.05) is 54.4 Å². The Bertz CT molecular complexity index is 1090. The van der Waals surface area contributed by atoms with Crippen LogP contribution in [0.25, 0.3) is 22.2 Å². The Morgan fingerprint density at radius 1 is 1.21 bits per heavy atom. The summed E-state index contributed by atoms with van der Waals surface area (Å²) in [6.45, 7) is 4.34. The molecule has 4 N–H and O–H groups in total. The molecule has 0 aliphatic heterocycles. The Labute approximate surface area is 164 Å². The Balaban J connectivity index is 1.81. The molecule has 6 heteroatoms. The molecule has 1 aromatic carbocycles. The minimum absolute atomic E-state index is 0.147. The molecule has 1 aliphatic carbocycles. The van der Waals surface area contributed by atoms with E-state index < -0.39 is 0 Å². The number of nitrogens with one attached hydrogen (secondary N) is 3. The quantitative estimate of drug-likeness (QED) is 0.512. The monoisotopic (exact) mass is 380 g/mol. The van der Waals surface area contributed by atoms with Crippen LogP contribution >= 0.6 is 0 Å². The van der Waals surface area contributed by atoms with Crippen LogP contribution < -0.4 is 16.2 Å². The molecule has 0 saturated heterocycles. The van der Waals surface area contributed by atoms with Gasteiger partial charge in [-0.3, -0.25) is 4.79 Å². The van der Waals surface area contributed by atoms with Crippen molar-refractivity contribution < 1.29 is 5.11 Å². The summed E-state index contributed by atoms with van der Waals surface area (Å²) in [6, 6.07) is 6.61. The van der Waals surface area contributed by atoms with Crippen LogP contribution in [-0.4, -0.2) is 34.8 Å².